The maximum atomic E-state index is 10.8. The van der Waals surface area contributed by atoms with E-state index in [1.807, 2.05) is 0 Å². The van der Waals surface area contributed by atoms with Gasteiger partial charge in [-0.25, -0.2) is 8.42 Å². The Morgan fingerprint density at radius 2 is 2.00 bits per heavy atom. The highest BCUT2D eigenvalue weighted by Gasteiger charge is 2.40. The predicted octanol–water partition coefficient (Wildman–Crippen LogP) is 1.99. The molecule has 0 aliphatic heterocycles. The Morgan fingerprint density at radius 1 is 1.25 bits per heavy atom. The number of halogens is 1. The van der Waals surface area contributed by atoms with Crippen molar-refractivity contribution in [3.63, 3.8) is 0 Å². The lowest BCUT2D eigenvalue weighted by atomic mass is 9.90. The van der Waals surface area contributed by atoms with Crippen molar-refractivity contribution in [2.24, 2.45) is 17.8 Å². The molecule has 2 nitrogen and oxygen atoms in total. The molecular formula is C8H13ClO2S. The molecule has 2 fully saturated rings. The standard InChI is InChI=1S/C8H13ClO2S/c9-12(10,11)5-8-4-6-1-2-7(8)3-6/h6-8H,1-5H2. The topological polar surface area (TPSA) is 34.1 Å². The second-order valence-corrected chi connectivity index (χ2v) is 6.96. The quantitative estimate of drug-likeness (QED) is 0.651. The smallest absolute Gasteiger partial charge is 0.212 e. The van der Waals surface area contributed by atoms with Crippen molar-refractivity contribution in [2.75, 3.05) is 5.75 Å². The molecule has 2 aliphatic rings. The van der Waals surface area contributed by atoms with Crippen molar-refractivity contribution < 1.29 is 8.42 Å². The van der Waals surface area contributed by atoms with Crippen LogP contribution in [0.4, 0.5) is 0 Å². The van der Waals surface area contributed by atoms with Gasteiger partial charge in [0, 0.05) is 10.7 Å². The average molecular weight is 209 g/mol. The number of fused-ring (bicyclic) bond motifs is 2. The first-order chi connectivity index (χ1) is 5.54. The molecule has 2 aliphatic carbocycles. The van der Waals surface area contributed by atoms with Gasteiger partial charge in [0.25, 0.3) is 0 Å². The van der Waals surface area contributed by atoms with Crippen LogP contribution in [-0.4, -0.2) is 14.2 Å². The number of hydrogen-bond donors (Lipinski definition) is 0. The van der Waals surface area contributed by atoms with Crippen molar-refractivity contribution in [1.82, 2.24) is 0 Å². The highest BCUT2D eigenvalue weighted by molar-refractivity contribution is 8.13. The molecule has 70 valence electrons. The average Bonchev–Trinajstić information content (AvgIpc) is 2.42. The van der Waals surface area contributed by atoms with Crippen LogP contribution >= 0.6 is 10.7 Å². The largest absolute Gasteiger partial charge is 0.232 e. The summed E-state index contributed by atoms with van der Waals surface area (Å²) in [7, 11) is 1.96. The molecule has 12 heavy (non-hydrogen) atoms. The molecule has 0 radical (unpaired) electrons. The molecule has 0 heterocycles. The first-order valence-corrected chi connectivity index (χ1v) is 6.95. The van der Waals surface area contributed by atoms with Gasteiger partial charge in [-0.05, 0) is 37.0 Å². The van der Waals surface area contributed by atoms with Gasteiger partial charge in [0.1, 0.15) is 0 Å². The lowest BCUT2D eigenvalue weighted by molar-refractivity contribution is 0.361. The van der Waals surface area contributed by atoms with E-state index in [1.54, 1.807) is 0 Å². The normalized spacial score (nSPS) is 40.6. The molecule has 0 aromatic carbocycles. The maximum absolute atomic E-state index is 10.8. The molecular weight excluding hydrogens is 196 g/mol. The van der Waals surface area contributed by atoms with E-state index < -0.39 is 9.05 Å². The summed E-state index contributed by atoms with van der Waals surface area (Å²) in [6, 6.07) is 0. The second-order valence-electron chi connectivity index (χ2n) is 4.14. The molecule has 2 rings (SSSR count). The fourth-order valence-electron chi connectivity index (χ4n) is 2.84. The first kappa shape index (κ1) is 8.82. The van der Waals surface area contributed by atoms with Crippen LogP contribution in [0.5, 0.6) is 0 Å². The van der Waals surface area contributed by atoms with E-state index in [0.29, 0.717) is 11.8 Å². The van der Waals surface area contributed by atoms with Crippen molar-refractivity contribution >= 4 is 19.7 Å². The van der Waals surface area contributed by atoms with Gasteiger partial charge in [0.15, 0.2) is 0 Å². The minimum Gasteiger partial charge on any atom is -0.212 e. The van der Waals surface area contributed by atoms with Gasteiger partial charge in [-0.2, -0.15) is 0 Å². The lowest BCUT2D eigenvalue weighted by Gasteiger charge is -2.19. The Bertz CT molecular complexity index is 273. The van der Waals surface area contributed by atoms with Crippen LogP contribution in [-0.2, 0) is 9.05 Å². The Balaban J connectivity index is 2.00. The zero-order chi connectivity index (χ0) is 8.77. The molecule has 0 aromatic rings. The molecule has 0 spiro atoms. The van der Waals surface area contributed by atoms with Gasteiger partial charge in [-0.3, -0.25) is 0 Å². The highest BCUT2D eigenvalue weighted by atomic mass is 35.7. The van der Waals surface area contributed by atoms with Crippen molar-refractivity contribution in [3.8, 4) is 0 Å². The molecule has 4 heteroatoms. The third kappa shape index (κ3) is 1.77. The minimum absolute atomic E-state index is 0.204. The van der Waals surface area contributed by atoms with Gasteiger partial charge in [-0.15, -0.1) is 0 Å². The number of rotatable bonds is 2. The highest BCUT2D eigenvalue weighted by Crippen LogP contribution is 2.48. The third-order valence-electron chi connectivity index (χ3n) is 3.30. The Kier molecular flexibility index (Phi) is 2.11. The Hall–Kier alpha value is 0.240. The monoisotopic (exact) mass is 208 g/mol. The molecule has 2 bridgehead atoms. The van der Waals surface area contributed by atoms with E-state index in [2.05, 4.69) is 0 Å². The van der Waals surface area contributed by atoms with Gasteiger partial charge in [0.05, 0.1) is 5.75 Å². The van der Waals surface area contributed by atoms with E-state index >= 15 is 0 Å². The van der Waals surface area contributed by atoms with Crippen molar-refractivity contribution in [2.45, 2.75) is 25.7 Å². The molecule has 2 saturated carbocycles. The van der Waals surface area contributed by atoms with Gasteiger partial charge in [0.2, 0.25) is 9.05 Å². The number of hydrogen-bond acceptors (Lipinski definition) is 2. The van der Waals surface area contributed by atoms with Crippen molar-refractivity contribution in [3.05, 3.63) is 0 Å². The zero-order valence-electron chi connectivity index (χ0n) is 6.87. The summed E-state index contributed by atoms with van der Waals surface area (Å²) in [4.78, 5) is 0. The van der Waals surface area contributed by atoms with Gasteiger partial charge < -0.3 is 0 Å². The van der Waals surface area contributed by atoms with Crippen molar-refractivity contribution in [1.29, 1.82) is 0 Å². The fourth-order valence-corrected chi connectivity index (χ4v) is 4.24. The molecule has 3 unspecified atom stereocenters. The SMILES string of the molecule is O=S(=O)(Cl)CC1CC2CCC1C2. The van der Waals surface area contributed by atoms with Gasteiger partial charge in [-0.1, -0.05) is 6.42 Å². The summed E-state index contributed by atoms with van der Waals surface area (Å²) in [5, 5.41) is 0. The summed E-state index contributed by atoms with van der Waals surface area (Å²) in [5.41, 5.74) is 0. The van der Waals surface area contributed by atoms with Gasteiger partial charge >= 0.3 is 0 Å². The lowest BCUT2D eigenvalue weighted by Crippen LogP contribution is -2.18. The van der Waals surface area contributed by atoms with E-state index in [9.17, 15) is 8.42 Å². The van der Waals surface area contributed by atoms with Crippen LogP contribution < -0.4 is 0 Å². The van der Waals surface area contributed by atoms with E-state index in [1.165, 1.54) is 19.3 Å². The minimum atomic E-state index is -3.26. The van der Waals surface area contributed by atoms with E-state index in [4.69, 9.17) is 10.7 Å². The molecule has 0 amide bonds. The van der Waals surface area contributed by atoms with E-state index in [0.717, 1.165) is 12.3 Å². The van der Waals surface area contributed by atoms with Crippen LogP contribution in [0, 0.1) is 17.8 Å². The molecule has 0 N–H and O–H groups in total. The Labute approximate surface area is 77.7 Å². The zero-order valence-corrected chi connectivity index (χ0v) is 8.44. The Morgan fingerprint density at radius 3 is 2.42 bits per heavy atom. The summed E-state index contributed by atoms with van der Waals surface area (Å²) < 4.78 is 21.7. The predicted molar refractivity (Wildman–Crippen MR) is 48.6 cm³/mol. The van der Waals surface area contributed by atoms with Crippen LogP contribution in [0.25, 0.3) is 0 Å². The molecule has 0 aromatic heterocycles. The second kappa shape index (κ2) is 2.88. The summed E-state index contributed by atoms with van der Waals surface area (Å²) in [6.45, 7) is 0. The maximum Gasteiger partial charge on any atom is 0.232 e. The van der Waals surface area contributed by atoms with Crippen LogP contribution in [0.2, 0.25) is 0 Å². The molecule has 3 atom stereocenters. The summed E-state index contributed by atoms with van der Waals surface area (Å²) in [6.07, 6.45) is 4.87. The van der Waals surface area contributed by atoms with E-state index in [-0.39, 0.29) is 5.75 Å². The summed E-state index contributed by atoms with van der Waals surface area (Å²) >= 11 is 0. The summed E-state index contributed by atoms with van der Waals surface area (Å²) in [5.74, 6) is 2.03. The van der Waals surface area contributed by atoms with Crippen LogP contribution in [0.3, 0.4) is 0 Å². The van der Waals surface area contributed by atoms with Crippen LogP contribution in [0.15, 0.2) is 0 Å². The van der Waals surface area contributed by atoms with Crippen LogP contribution in [0.1, 0.15) is 25.7 Å². The third-order valence-corrected chi connectivity index (χ3v) is 4.50. The fraction of sp³-hybridized carbons (Fsp3) is 1.00. The molecule has 0 saturated heterocycles. The first-order valence-electron chi connectivity index (χ1n) is 4.47.